The number of nitrogens with one attached hydrogen (secondary N) is 1. The van der Waals surface area contributed by atoms with Gasteiger partial charge in [0.25, 0.3) is 11.8 Å². The predicted octanol–water partition coefficient (Wildman–Crippen LogP) is 3.20. The Labute approximate surface area is 165 Å². The maximum Gasteiger partial charge on any atom is 0.310 e. The average molecular weight is 382 g/mol. The van der Waals surface area contributed by atoms with Crippen molar-refractivity contribution in [2.45, 2.75) is 27.2 Å². The minimum Gasteiger partial charge on any atom is -0.455 e. The van der Waals surface area contributed by atoms with Gasteiger partial charge in [-0.05, 0) is 50.6 Å². The van der Waals surface area contributed by atoms with Gasteiger partial charge in [-0.3, -0.25) is 14.4 Å². The summed E-state index contributed by atoms with van der Waals surface area (Å²) in [5, 5.41) is 2.65. The molecule has 0 heterocycles. The molecule has 2 amide bonds. The van der Waals surface area contributed by atoms with E-state index < -0.39 is 11.9 Å². The van der Waals surface area contributed by atoms with Crippen molar-refractivity contribution >= 4 is 23.5 Å². The summed E-state index contributed by atoms with van der Waals surface area (Å²) in [6, 6.07) is 14.2. The van der Waals surface area contributed by atoms with Gasteiger partial charge in [0.1, 0.15) is 0 Å². The summed E-state index contributed by atoms with van der Waals surface area (Å²) in [4.78, 5) is 37.8. The van der Waals surface area contributed by atoms with Crippen LogP contribution in [0.2, 0.25) is 0 Å². The van der Waals surface area contributed by atoms with E-state index in [0.29, 0.717) is 24.3 Å². The normalized spacial score (nSPS) is 10.2. The molecule has 0 atom stereocenters. The fourth-order valence-corrected chi connectivity index (χ4v) is 2.66. The first kappa shape index (κ1) is 21.2. The van der Waals surface area contributed by atoms with Gasteiger partial charge < -0.3 is 15.0 Å². The van der Waals surface area contributed by atoms with E-state index in [0.717, 1.165) is 11.1 Å². The molecule has 28 heavy (non-hydrogen) atoms. The smallest absolute Gasteiger partial charge is 0.310 e. The minimum absolute atomic E-state index is 0.0482. The van der Waals surface area contributed by atoms with E-state index in [-0.39, 0.29) is 18.9 Å². The molecule has 0 bridgehead atoms. The van der Waals surface area contributed by atoms with Gasteiger partial charge in [-0.2, -0.15) is 0 Å². The molecule has 0 unspecified atom stereocenters. The number of hydrogen-bond acceptors (Lipinski definition) is 4. The lowest BCUT2D eigenvalue weighted by Gasteiger charge is -2.18. The molecule has 148 valence electrons. The number of carbonyl (C=O) groups is 3. The molecule has 0 saturated heterocycles. The lowest BCUT2D eigenvalue weighted by molar-refractivity contribution is -0.146. The Balaban J connectivity index is 1.81. The summed E-state index contributed by atoms with van der Waals surface area (Å²) in [5.74, 6) is -0.938. The van der Waals surface area contributed by atoms with Crippen LogP contribution in [0.3, 0.4) is 0 Å². The van der Waals surface area contributed by atoms with Crippen molar-refractivity contribution in [2.75, 3.05) is 25.0 Å². The highest BCUT2D eigenvalue weighted by Gasteiger charge is 2.13. The van der Waals surface area contributed by atoms with Gasteiger partial charge in [-0.25, -0.2) is 0 Å². The Morgan fingerprint density at radius 1 is 0.929 bits per heavy atom. The van der Waals surface area contributed by atoms with Crippen LogP contribution in [0.25, 0.3) is 0 Å². The summed E-state index contributed by atoms with van der Waals surface area (Å²) in [5.41, 5.74) is 3.05. The predicted molar refractivity (Wildman–Crippen MR) is 108 cm³/mol. The van der Waals surface area contributed by atoms with Gasteiger partial charge in [-0.1, -0.05) is 29.8 Å². The second kappa shape index (κ2) is 10.3. The minimum atomic E-state index is -0.459. The SMILES string of the molecule is CCN(CC)C(=O)c1ccc(NC(=O)COC(=O)Cc2ccc(C)cc2)cc1. The average Bonchev–Trinajstić information content (AvgIpc) is 2.69. The third-order valence-electron chi connectivity index (χ3n) is 4.30. The first-order chi connectivity index (χ1) is 13.4. The molecule has 1 N–H and O–H groups in total. The molecule has 6 nitrogen and oxygen atoms in total. The van der Waals surface area contributed by atoms with Gasteiger partial charge in [-0.15, -0.1) is 0 Å². The van der Waals surface area contributed by atoms with E-state index in [4.69, 9.17) is 4.74 Å². The Hall–Kier alpha value is -3.15. The van der Waals surface area contributed by atoms with Gasteiger partial charge in [0.05, 0.1) is 6.42 Å². The number of ether oxygens (including phenoxy) is 1. The summed E-state index contributed by atoms with van der Waals surface area (Å²) in [6.45, 7) is 6.75. The number of amides is 2. The maximum absolute atomic E-state index is 12.3. The van der Waals surface area contributed by atoms with Crippen molar-refractivity contribution in [3.05, 3.63) is 65.2 Å². The number of rotatable bonds is 8. The Kier molecular flexibility index (Phi) is 7.75. The van der Waals surface area contributed by atoms with E-state index in [9.17, 15) is 14.4 Å². The Morgan fingerprint density at radius 2 is 1.54 bits per heavy atom. The molecular weight excluding hydrogens is 356 g/mol. The molecule has 6 heteroatoms. The number of esters is 1. The molecule has 0 aliphatic rings. The first-order valence-electron chi connectivity index (χ1n) is 9.33. The van der Waals surface area contributed by atoms with E-state index >= 15 is 0 Å². The largest absolute Gasteiger partial charge is 0.455 e. The van der Waals surface area contributed by atoms with Crippen LogP contribution in [0.1, 0.15) is 35.3 Å². The van der Waals surface area contributed by atoms with Crippen LogP contribution in [0.5, 0.6) is 0 Å². The number of hydrogen-bond donors (Lipinski definition) is 1. The molecule has 0 spiro atoms. The number of nitrogens with zero attached hydrogens (tertiary/aromatic N) is 1. The molecule has 0 fully saturated rings. The Bertz CT molecular complexity index is 809. The standard InChI is InChI=1S/C22H26N2O4/c1-4-24(5-2)22(27)18-10-12-19(13-11-18)23-20(25)15-28-21(26)14-17-8-6-16(3)7-9-17/h6-13H,4-5,14-15H2,1-3H3,(H,23,25). The van der Waals surface area contributed by atoms with E-state index in [2.05, 4.69) is 5.32 Å². The molecule has 2 rings (SSSR count). The van der Waals surface area contributed by atoms with Gasteiger partial charge in [0.15, 0.2) is 6.61 Å². The number of anilines is 1. The van der Waals surface area contributed by atoms with E-state index in [1.165, 1.54) is 0 Å². The summed E-state index contributed by atoms with van der Waals surface area (Å²) < 4.78 is 5.02. The number of aryl methyl sites for hydroxylation is 1. The molecule has 0 saturated carbocycles. The number of benzene rings is 2. The zero-order valence-electron chi connectivity index (χ0n) is 16.5. The van der Waals surface area contributed by atoms with Crippen LogP contribution in [0.4, 0.5) is 5.69 Å². The van der Waals surface area contributed by atoms with Crippen LogP contribution in [-0.2, 0) is 20.7 Å². The third kappa shape index (κ3) is 6.23. The summed E-state index contributed by atoms with van der Waals surface area (Å²) in [7, 11) is 0. The van der Waals surface area contributed by atoms with Gasteiger partial charge >= 0.3 is 5.97 Å². The highest BCUT2D eigenvalue weighted by molar-refractivity contribution is 5.96. The van der Waals surface area contributed by atoms with Crippen LogP contribution in [-0.4, -0.2) is 42.4 Å². The van der Waals surface area contributed by atoms with Crippen LogP contribution in [0.15, 0.2) is 48.5 Å². The van der Waals surface area contributed by atoms with Crippen molar-refractivity contribution in [2.24, 2.45) is 0 Å². The molecule has 0 aromatic heterocycles. The summed E-state index contributed by atoms with van der Waals surface area (Å²) >= 11 is 0. The zero-order valence-corrected chi connectivity index (χ0v) is 16.5. The van der Waals surface area contributed by atoms with Crippen LogP contribution >= 0.6 is 0 Å². The summed E-state index contributed by atoms with van der Waals surface area (Å²) in [6.07, 6.45) is 0.121. The molecule has 0 aliphatic heterocycles. The van der Waals surface area contributed by atoms with Crippen molar-refractivity contribution in [3.63, 3.8) is 0 Å². The van der Waals surface area contributed by atoms with Crippen molar-refractivity contribution in [1.29, 1.82) is 0 Å². The second-order valence-electron chi connectivity index (χ2n) is 6.43. The molecular formula is C22H26N2O4. The fraction of sp³-hybridized carbons (Fsp3) is 0.318. The van der Waals surface area contributed by atoms with Gasteiger partial charge in [0.2, 0.25) is 0 Å². The third-order valence-corrected chi connectivity index (χ3v) is 4.30. The lowest BCUT2D eigenvalue weighted by Crippen LogP contribution is -2.30. The van der Waals surface area contributed by atoms with Crippen LogP contribution in [0, 0.1) is 6.92 Å². The van der Waals surface area contributed by atoms with Gasteiger partial charge in [0, 0.05) is 24.3 Å². The molecule has 2 aromatic carbocycles. The topological polar surface area (TPSA) is 75.7 Å². The van der Waals surface area contributed by atoms with Crippen molar-refractivity contribution in [1.82, 2.24) is 4.90 Å². The van der Waals surface area contributed by atoms with E-state index in [1.807, 2.05) is 45.0 Å². The van der Waals surface area contributed by atoms with Crippen molar-refractivity contribution in [3.8, 4) is 0 Å². The monoisotopic (exact) mass is 382 g/mol. The maximum atomic E-state index is 12.3. The highest BCUT2D eigenvalue weighted by Crippen LogP contribution is 2.12. The molecule has 0 aliphatic carbocycles. The first-order valence-corrected chi connectivity index (χ1v) is 9.33. The molecule has 0 radical (unpaired) electrons. The lowest BCUT2D eigenvalue weighted by atomic mass is 10.1. The molecule has 2 aromatic rings. The van der Waals surface area contributed by atoms with E-state index in [1.54, 1.807) is 29.2 Å². The number of carbonyl (C=O) groups excluding carboxylic acids is 3. The van der Waals surface area contributed by atoms with Crippen LogP contribution < -0.4 is 5.32 Å². The zero-order chi connectivity index (χ0) is 20.5. The fourth-order valence-electron chi connectivity index (χ4n) is 2.66. The second-order valence-corrected chi connectivity index (χ2v) is 6.43. The quantitative estimate of drug-likeness (QED) is 0.712. The van der Waals surface area contributed by atoms with Crippen molar-refractivity contribution < 1.29 is 19.1 Å². The Morgan fingerprint density at radius 3 is 2.11 bits per heavy atom. The highest BCUT2D eigenvalue weighted by atomic mass is 16.5.